The van der Waals surface area contributed by atoms with Gasteiger partial charge >= 0.3 is 24.3 Å². The maximum atomic E-state index is 15.2. The summed E-state index contributed by atoms with van der Waals surface area (Å²) in [5.41, 5.74) is -0.244. The summed E-state index contributed by atoms with van der Waals surface area (Å²) in [4.78, 5) is 40.1. The van der Waals surface area contributed by atoms with E-state index in [-0.39, 0.29) is 24.0 Å². The molecule has 10 nitrogen and oxygen atoms in total. The number of piperidine rings is 1. The molecular weight excluding hydrogens is 643 g/mol. The zero-order valence-electron chi connectivity index (χ0n) is 23.3. The number of pyridine rings is 1. The van der Waals surface area contributed by atoms with Crippen LogP contribution in [0, 0.1) is 12.7 Å². The second-order valence-electron chi connectivity index (χ2n) is 10.4. The molecule has 18 heteroatoms. The first-order chi connectivity index (χ1) is 20.9. The molecule has 0 saturated carbocycles. The maximum absolute atomic E-state index is 15.2. The number of halogens is 8. The normalized spacial score (nSPS) is 17.8. The van der Waals surface area contributed by atoms with Crippen molar-refractivity contribution in [3.8, 4) is 0 Å². The summed E-state index contributed by atoms with van der Waals surface area (Å²) in [5, 5.41) is 21.2. The third-order valence-electron chi connectivity index (χ3n) is 7.49. The lowest BCUT2D eigenvalue weighted by Gasteiger charge is -2.33. The first kappa shape index (κ1) is 33.7. The average molecular weight is 668 g/mol. The van der Waals surface area contributed by atoms with Gasteiger partial charge in [0.1, 0.15) is 17.7 Å². The van der Waals surface area contributed by atoms with Gasteiger partial charge in [-0.3, -0.25) is 9.48 Å². The number of nitrogens with zero attached hydrogens (tertiary/aromatic N) is 5. The lowest BCUT2D eigenvalue weighted by atomic mass is 10.0. The van der Waals surface area contributed by atoms with E-state index in [0.717, 1.165) is 0 Å². The Hall–Kier alpha value is -4.15. The second kappa shape index (κ2) is 12.7. The van der Waals surface area contributed by atoms with Gasteiger partial charge in [-0.05, 0) is 50.8 Å². The van der Waals surface area contributed by atoms with Crippen LogP contribution in [0.15, 0.2) is 24.3 Å². The van der Waals surface area contributed by atoms with Gasteiger partial charge in [-0.15, -0.1) is 0 Å². The summed E-state index contributed by atoms with van der Waals surface area (Å²) < 4.78 is 88.3. The summed E-state index contributed by atoms with van der Waals surface area (Å²) >= 11 is 5.69. The number of amides is 1. The fourth-order valence-corrected chi connectivity index (χ4v) is 5.53. The predicted octanol–water partition coefficient (Wildman–Crippen LogP) is 5.72. The van der Waals surface area contributed by atoms with E-state index in [1.807, 2.05) is 0 Å². The number of alkyl halides is 6. The molecule has 244 valence electrons. The highest BCUT2D eigenvalue weighted by molar-refractivity contribution is 6.31. The minimum absolute atomic E-state index is 0.146. The summed E-state index contributed by atoms with van der Waals surface area (Å²) in [6.07, 6.45) is -7.84. The van der Waals surface area contributed by atoms with Crippen molar-refractivity contribution in [2.75, 3.05) is 24.5 Å². The first-order valence-electron chi connectivity index (χ1n) is 13.4. The Morgan fingerprint density at radius 3 is 2.16 bits per heavy atom. The van der Waals surface area contributed by atoms with Crippen LogP contribution in [0.25, 0.3) is 10.9 Å². The fourth-order valence-electron chi connectivity index (χ4n) is 5.32. The summed E-state index contributed by atoms with van der Waals surface area (Å²) in [5.74, 6) is -5.12. The maximum Gasteiger partial charge on any atom is 0.490 e. The van der Waals surface area contributed by atoms with Crippen LogP contribution < -0.4 is 4.90 Å². The Kier molecular flexibility index (Phi) is 9.51. The largest absolute Gasteiger partial charge is 0.490 e. The van der Waals surface area contributed by atoms with E-state index >= 15 is 4.39 Å². The lowest BCUT2D eigenvalue weighted by Crippen LogP contribution is -2.40. The van der Waals surface area contributed by atoms with Gasteiger partial charge in [-0.1, -0.05) is 11.6 Å². The highest BCUT2D eigenvalue weighted by Crippen LogP contribution is 2.36. The molecule has 0 radical (unpaired) electrons. The van der Waals surface area contributed by atoms with Crippen molar-refractivity contribution < 1.29 is 55.3 Å². The number of likely N-dealkylation sites (tertiary alicyclic amines) is 1. The van der Waals surface area contributed by atoms with Crippen molar-refractivity contribution in [2.24, 2.45) is 0 Å². The van der Waals surface area contributed by atoms with Gasteiger partial charge in [0.2, 0.25) is 0 Å². The van der Waals surface area contributed by atoms with Gasteiger partial charge in [-0.2, -0.15) is 31.4 Å². The number of aliphatic carboxylic acids is 2. The topological polar surface area (TPSA) is 129 Å². The number of carboxylic acids is 2. The molecule has 1 amide bonds. The van der Waals surface area contributed by atoms with Gasteiger partial charge in [0.25, 0.3) is 5.91 Å². The van der Waals surface area contributed by atoms with Gasteiger partial charge in [0.15, 0.2) is 5.69 Å². The first-order valence-corrected chi connectivity index (χ1v) is 13.8. The molecule has 0 spiro atoms. The zero-order chi connectivity index (χ0) is 33.4. The Bertz CT molecular complexity index is 1620. The molecule has 1 aromatic carbocycles. The van der Waals surface area contributed by atoms with Crippen LogP contribution in [0.2, 0.25) is 5.02 Å². The molecule has 2 fully saturated rings. The molecule has 1 atom stereocenters. The van der Waals surface area contributed by atoms with Crippen LogP contribution in [-0.4, -0.2) is 79.6 Å². The third kappa shape index (κ3) is 7.23. The lowest BCUT2D eigenvalue weighted by molar-refractivity contribution is -0.192. The van der Waals surface area contributed by atoms with E-state index in [1.165, 1.54) is 29.2 Å². The highest BCUT2D eigenvalue weighted by Gasteiger charge is 2.39. The van der Waals surface area contributed by atoms with Crippen molar-refractivity contribution >= 4 is 46.2 Å². The van der Waals surface area contributed by atoms with E-state index in [4.69, 9.17) is 21.5 Å². The monoisotopic (exact) mass is 667 g/mol. The molecule has 0 unspecified atom stereocenters. The molecule has 3 aromatic rings. The average Bonchev–Trinajstić information content (AvgIpc) is 3.57. The Morgan fingerprint density at radius 1 is 0.978 bits per heavy atom. The molecule has 0 aliphatic carbocycles. The zero-order valence-corrected chi connectivity index (χ0v) is 24.0. The van der Waals surface area contributed by atoms with E-state index in [2.05, 4.69) is 10.1 Å². The number of carbonyl (C=O) groups excluding carboxylic acids is 1. The van der Waals surface area contributed by atoms with Gasteiger partial charge < -0.3 is 20.0 Å². The van der Waals surface area contributed by atoms with E-state index in [0.29, 0.717) is 55.4 Å². The van der Waals surface area contributed by atoms with Gasteiger partial charge in [0, 0.05) is 31.1 Å². The standard InChI is InChI=1S/C25H24ClF4N5O3.C2HF3O2/c1-13-15-11-16(23(36)34-8-2-3-19(34)24(37)38)18(27)12-20(15)35(32-13)14-6-9-33(10-7-14)21-5-4-17(26)22(31-21)25(28,29)30;3-2(4,5)1(6)7/h4-5,11-12,14,19H,2-3,6-10H2,1H3,(H,37,38);(H,6,7)/t19-;/m0./s1. The number of rotatable bonds is 4. The number of aromatic nitrogens is 3. The molecule has 45 heavy (non-hydrogen) atoms. The number of carbonyl (C=O) groups is 3. The SMILES string of the molecule is Cc1nn(C2CCN(c3ccc(Cl)c(C(F)(F)F)n3)CC2)c2cc(F)c(C(=O)N3CCC[C@H]3C(=O)O)cc12.O=C(O)C(F)(F)F. The van der Waals surface area contributed by atoms with E-state index in [9.17, 15) is 41.0 Å². The predicted molar refractivity (Wildman–Crippen MR) is 145 cm³/mol. The van der Waals surface area contributed by atoms with Crippen LogP contribution >= 0.6 is 11.6 Å². The van der Waals surface area contributed by atoms with Crippen LogP contribution in [0.3, 0.4) is 0 Å². The number of aryl methyl sites for hydroxylation is 1. The minimum Gasteiger partial charge on any atom is -0.480 e. The number of fused-ring (bicyclic) bond motifs is 1. The van der Waals surface area contributed by atoms with E-state index in [1.54, 1.807) is 16.5 Å². The van der Waals surface area contributed by atoms with Gasteiger partial charge in [-0.25, -0.2) is 19.0 Å². The molecule has 2 aromatic heterocycles. The van der Waals surface area contributed by atoms with Crippen molar-refractivity contribution in [3.05, 3.63) is 52.1 Å². The Morgan fingerprint density at radius 2 is 1.60 bits per heavy atom. The summed E-state index contributed by atoms with van der Waals surface area (Å²) in [7, 11) is 0. The molecule has 2 aliphatic heterocycles. The molecule has 0 bridgehead atoms. The van der Waals surface area contributed by atoms with E-state index < -0.39 is 52.8 Å². The number of hydrogen-bond donors (Lipinski definition) is 2. The van der Waals surface area contributed by atoms with Crippen LogP contribution in [0.4, 0.5) is 36.6 Å². The minimum atomic E-state index is -5.08. The van der Waals surface area contributed by atoms with Gasteiger partial charge in [0.05, 0.1) is 27.8 Å². The number of benzene rings is 1. The smallest absolute Gasteiger partial charge is 0.480 e. The summed E-state index contributed by atoms with van der Waals surface area (Å²) in [6.45, 7) is 2.80. The highest BCUT2D eigenvalue weighted by atomic mass is 35.5. The van der Waals surface area contributed by atoms with Crippen molar-refractivity contribution in [1.82, 2.24) is 19.7 Å². The second-order valence-corrected chi connectivity index (χ2v) is 10.8. The molecule has 2 aliphatic rings. The number of carboxylic acid groups (broad SMARTS) is 2. The third-order valence-corrected chi connectivity index (χ3v) is 7.79. The molecule has 2 saturated heterocycles. The number of anilines is 1. The van der Waals surface area contributed by atoms with Crippen molar-refractivity contribution in [3.63, 3.8) is 0 Å². The molecule has 4 heterocycles. The quantitative estimate of drug-likeness (QED) is 0.339. The molecular formula is C27H25ClF7N5O5. The fraction of sp³-hybridized carbons (Fsp3) is 0.444. The van der Waals surface area contributed by atoms with Crippen LogP contribution in [-0.2, 0) is 15.8 Å². The molecule has 5 rings (SSSR count). The number of hydrogen-bond acceptors (Lipinski definition) is 6. The van der Waals surface area contributed by atoms with Crippen molar-refractivity contribution in [1.29, 1.82) is 0 Å². The summed E-state index contributed by atoms with van der Waals surface area (Å²) in [6, 6.07) is 4.19. The van der Waals surface area contributed by atoms with Crippen LogP contribution in [0.5, 0.6) is 0 Å². The Labute approximate surface area is 255 Å². The Balaban J connectivity index is 0.000000591. The van der Waals surface area contributed by atoms with Crippen molar-refractivity contribution in [2.45, 2.75) is 57.0 Å². The van der Waals surface area contributed by atoms with Crippen LogP contribution in [0.1, 0.15) is 53.5 Å². The molecule has 2 N–H and O–H groups in total.